The number of carbonyl (C=O) groups is 2. The van der Waals surface area contributed by atoms with Crippen molar-refractivity contribution in [3.8, 4) is 5.75 Å². The number of ether oxygens (including phenoxy) is 1. The fraction of sp³-hybridized carbons (Fsp3) is 0.263. The number of benzene rings is 2. The van der Waals surface area contributed by atoms with Crippen LogP contribution < -0.4 is 4.74 Å². The van der Waals surface area contributed by atoms with E-state index in [9.17, 15) is 14.7 Å². The fourth-order valence-corrected chi connectivity index (χ4v) is 2.42. The zero-order valence-electron chi connectivity index (χ0n) is 13.8. The smallest absolute Gasteiger partial charge is 0.326 e. The van der Waals surface area contributed by atoms with E-state index in [0.29, 0.717) is 5.75 Å². The molecule has 0 bridgehead atoms. The highest BCUT2D eigenvalue weighted by molar-refractivity contribution is 5.86. The molecule has 1 amide bonds. The van der Waals surface area contributed by atoms with Gasteiger partial charge in [-0.15, -0.1) is 0 Å². The van der Waals surface area contributed by atoms with Gasteiger partial charge in [0.2, 0.25) is 0 Å². The molecule has 1 N–H and O–H groups in total. The largest absolute Gasteiger partial charge is 0.481 e. The number of likely N-dealkylation sites (N-methyl/N-ethyl adjacent to an activating group) is 1. The van der Waals surface area contributed by atoms with Crippen molar-refractivity contribution in [2.24, 2.45) is 0 Å². The fourth-order valence-electron chi connectivity index (χ4n) is 2.42. The van der Waals surface area contributed by atoms with Crippen molar-refractivity contribution in [1.82, 2.24) is 4.90 Å². The molecule has 5 nitrogen and oxygen atoms in total. The Labute approximate surface area is 141 Å². The van der Waals surface area contributed by atoms with Crippen molar-refractivity contribution in [2.45, 2.75) is 25.5 Å². The first-order valence-corrected chi connectivity index (χ1v) is 7.74. The van der Waals surface area contributed by atoms with Crippen LogP contribution in [-0.4, -0.2) is 41.1 Å². The number of carbonyl (C=O) groups excluding carboxylic acids is 1. The second kappa shape index (κ2) is 8.15. The topological polar surface area (TPSA) is 66.8 Å². The molecule has 2 atom stereocenters. The molecular formula is C19H21NO4. The van der Waals surface area contributed by atoms with Gasteiger partial charge in [-0.3, -0.25) is 4.79 Å². The monoisotopic (exact) mass is 327 g/mol. The van der Waals surface area contributed by atoms with Gasteiger partial charge in [0, 0.05) is 13.5 Å². The maximum Gasteiger partial charge on any atom is 0.326 e. The highest BCUT2D eigenvalue weighted by Crippen LogP contribution is 2.14. The summed E-state index contributed by atoms with van der Waals surface area (Å²) >= 11 is 0. The van der Waals surface area contributed by atoms with Gasteiger partial charge in [-0.2, -0.15) is 0 Å². The first kappa shape index (κ1) is 17.5. The predicted molar refractivity (Wildman–Crippen MR) is 90.9 cm³/mol. The minimum absolute atomic E-state index is 0.246. The van der Waals surface area contributed by atoms with Crippen LogP contribution >= 0.6 is 0 Å². The number of hydrogen-bond donors (Lipinski definition) is 1. The molecule has 0 aliphatic carbocycles. The zero-order valence-corrected chi connectivity index (χ0v) is 13.8. The third-order valence-corrected chi connectivity index (χ3v) is 3.78. The molecule has 2 unspecified atom stereocenters. The summed E-state index contributed by atoms with van der Waals surface area (Å²) in [5, 5.41) is 9.49. The number of hydrogen-bond acceptors (Lipinski definition) is 3. The molecule has 0 aromatic heterocycles. The molecule has 2 rings (SSSR count). The van der Waals surface area contributed by atoms with Gasteiger partial charge in [-0.25, -0.2) is 4.79 Å². The lowest BCUT2D eigenvalue weighted by molar-refractivity contribution is -0.151. The Balaban J connectivity index is 2.06. The minimum Gasteiger partial charge on any atom is -0.481 e. The van der Waals surface area contributed by atoms with E-state index in [4.69, 9.17) is 4.74 Å². The van der Waals surface area contributed by atoms with Crippen LogP contribution in [0.4, 0.5) is 0 Å². The van der Waals surface area contributed by atoms with Gasteiger partial charge < -0.3 is 14.7 Å². The molecule has 0 aliphatic heterocycles. The van der Waals surface area contributed by atoms with Crippen molar-refractivity contribution < 1.29 is 19.4 Å². The maximum atomic E-state index is 12.5. The number of carboxylic acids is 1. The molecule has 126 valence electrons. The summed E-state index contributed by atoms with van der Waals surface area (Å²) in [6, 6.07) is 17.3. The quantitative estimate of drug-likeness (QED) is 0.849. The second-order valence-electron chi connectivity index (χ2n) is 5.57. The first-order chi connectivity index (χ1) is 11.5. The van der Waals surface area contributed by atoms with Gasteiger partial charge in [-0.05, 0) is 24.6 Å². The van der Waals surface area contributed by atoms with Crippen LogP contribution in [0.3, 0.4) is 0 Å². The molecule has 0 heterocycles. The van der Waals surface area contributed by atoms with Crippen molar-refractivity contribution in [1.29, 1.82) is 0 Å². The SMILES string of the molecule is CC(Oc1ccccc1)C(=O)N(C)C(Cc1ccccc1)C(=O)O. The van der Waals surface area contributed by atoms with E-state index in [0.717, 1.165) is 5.56 Å². The highest BCUT2D eigenvalue weighted by atomic mass is 16.5. The normalized spacial score (nSPS) is 12.9. The number of rotatable bonds is 7. The Morgan fingerprint density at radius 2 is 1.58 bits per heavy atom. The number of amides is 1. The van der Waals surface area contributed by atoms with Crippen molar-refractivity contribution in [3.63, 3.8) is 0 Å². The Morgan fingerprint density at radius 3 is 2.12 bits per heavy atom. The Morgan fingerprint density at radius 1 is 1.04 bits per heavy atom. The molecule has 2 aromatic rings. The molecule has 0 saturated heterocycles. The van der Waals surface area contributed by atoms with Crippen molar-refractivity contribution in [2.75, 3.05) is 7.05 Å². The van der Waals surface area contributed by atoms with Crippen LogP contribution in [-0.2, 0) is 16.0 Å². The van der Waals surface area contributed by atoms with Crippen LogP contribution in [0, 0.1) is 0 Å². The summed E-state index contributed by atoms with van der Waals surface area (Å²) in [5.41, 5.74) is 0.862. The zero-order chi connectivity index (χ0) is 17.5. The minimum atomic E-state index is -1.04. The molecule has 0 fully saturated rings. The lowest BCUT2D eigenvalue weighted by Crippen LogP contribution is -2.48. The van der Waals surface area contributed by atoms with Crippen LogP contribution in [0.5, 0.6) is 5.75 Å². The number of nitrogens with zero attached hydrogens (tertiary/aromatic N) is 1. The average Bonchev–Trinajstić information content (AvgIpc) is 2.60. The summed E-state index contributed by atoms with van der Waals surface area (Å²) in [7, 11) is 1.49. The second-order valence-corrected chi connectivity index (χ2v) is 5.57. The van der Waals surface area contributed by atoms with E-state index < -0.39 is 18.1 Å². The van der Waals surface area contributed by atoms with E-state index >= 15 is 0 Å². The molecule has 0 radical (unpaired) electrons. The van der Waals surface area contributed by atoms with Gasteiger partial charge in [0.15, 0.2) is 6.10 Å². The molecule has 0 saturated carbocycles. The van der Waals surface area contributed by atoms with E-state index in [-0.39, 0.29) is 12.3 Å². The standard InChI is InChI=1S/C19H21NO4/c1-14(24-16-11-7-4-8-12-16)18(21)20(2)17(19(22)23)13-15-9-5-3-6-10-15/h3-12,14,17H,13H2,1-2H3,(H,22,23). The molecule has 0 aliphatic rings. The molecule has 24 heavy (non-hydrogen) atoms. The van der Waals surface area contributed by atoms with E-state index in [1.165, 1.54) is 11.9 Å². The van der Waals surface area contributed by atoms with Crippen LogP contribution in [0.15, 0.2) is 60.7 Å². The van der Waals surface area contributed by atoms with Gasteiger partial charge in [0.05, 0.1) is 0 Å². The molecular weight excluding hydrogens is 306 g/mol. The third-order valence-electron chi connectivity index (χ3n) is 3.78. The Bertz CT molecular complexity index is 672. The van der Waals surface area contributed by atoms with Crippen LogP contribution in [0.25, 0.3) is 0 Å². The predicted octanol–water partition coefficient (Wildman–Crippen LogP) is 2.61. The van der Waals surface area contributed by atoms with E-state index in [1.807, 2.05) is 48.5 Å². The highest BCUT2D eigenvalue weighted by Gasteiger charge is 2.30. The molecule has 2 aromatic carbocycles. The van der Waals surface area contributed by atoms with Gasteiger partial charge in [0.1, 0.15) is 11.8 Å². The lowest BCUT2D eigenvalue weighted by atomic mass is 10.0. The molecule has 5 heteroatoms. The van der Waals surface area contributed by atoms with Crippen LogP contribution in [0.2, 0.25) is 0 Å². The number of para-hydroxylation sites is 1. The summed E-state index contributed by atoms with van der Waals surface area (Å²) in [6.07, 6.45) is -0.522. The van der Waals surface area contributed by atoms with Crippen molar-refractivity contribution in [3.05, 3.63) is 66.2 Å². The summed E-state index contributed by atoms with van der Waals surface area (Å²) < 4.78 is 5.59. The first-order valence-electron chi connectivity index (χ1n) is 7.74. The summed E-state index contributed by atoms with van der Waals surface area (Å²) in [5.74, 6) is -0.842. The molecule has 0 spiro atoms. The van der Waals surface area contributed by atoms with Gasteiger partial charge >= 0.3 is 5.97 Å². The number of aliphatic carboxylic acids is 1. The average molecular weight is 327 g/mol. The van der Waals surface area contributed by atoms with Gasteiger partial charge in [-0.1, -0.05) is 48.5 Å². The van der Waals surface area contributed by atoms with Gasteiger partial charge in [0.25, 0.3) is 5.91 Å². The van der Waals surface area contributed by atoms with E-state index in [1.54, 1.807) is 19.1 Å². The number of carboxylic acid groups (broad SMARTS) is 1. The van der Waals surface area contributed by atoms with Crippen LogP contribution in [0.1, 0.15) is 12.5 Å². The lowest BCUT2D eigenvalue weighted by Gasteiger charge is -2.27. The maximum absolute atomic E-state index is 12.5. The van der Waals surface area contributed by atoms with Crippen molar-refractivity contribution >= 4 is 11.9 Å². The third kappa shape index (κ3) is 4.59. The summed E-state index contributed by atoms with van der Waals surface area (Å²) in [4.78, 5) is 25.4. The summed E-state index contributed by atoms with van der Waals surface area (Å²) in [6.45, 7) is 1.62. The van der Waals surface area contributed by atoms with E-state index in [2.05, 4.69) is 0 Å². The Hall–Kier alpha value is -2.82. The Kier molecular flexibility index (Phi) is 5.95.